The zero-order chi connectivity index (χ0) is 14.0. The summed E-state index contributed by atoms with van der Waals surface area (Å²) in [5.41, 5.74) is 0.723. The van der Waals surface area contributed by atoms with Gasteiger partial charge >= 0.3 is 0 Å². The highest BCUT2D eigenvalue weighted by Gasteiger charge is 2.47. The highest BCUT2D eigenvalue weighted by Crippen LogP contribution is 2.38. The third-order valence-corrected chi connectivity index (χ3v) is 4.22. The molecule has 0 saturated heterocycles. The van der Waals surface area contributed by atoms with Gasteiger partial charge in [0.25, 0.3) is 0 Å². The van der Waals surface area contributed by atoms with E-state index >= 15 is 0 Å². The topological polar surface area (TPSA) is 80.4 Å². The molecule has 0 bridgehead atoms. The first kappa shape index (κ1) is 14.1. The molecule has 6 heteroatoms. The van der Waals surface area contributed by atoms with Crippen LogP contribution >= 0.6 is 15.9 Å². The summed E-state index contributed by atoms with van der Waals surface area (Å²) in [5, 5.41) is 21.1. The van der Waals surface area contributed by atoms with Crippen LogP contribution in [0.5, 0.6) is 0 Å². The lowest BCUT2D eigenvalue weighted by molar-refractivity contribution is -0.542. The Morgan fingerprint density at radius 2 is 1.95 bits per heavy atom. The Bertz CT molecular complexity index is 476. The van der Waals surface area contributed by atoms with E-state index in [0.29, 0.717) is 12.8 Å². The van der Waals surface area contributed by atoms with Gasteiger partial charge in [0.2, 0.25) is 6.04 Å². The van der Waals surface area contributed by atoms with Gasteiger partial charge < -0.3 is 9.90 Å². The van der Waals surface area contributed by atoms with Crippen LogP contribution in [0.2, 0.25) is 0 Å². The van der Waals surface area contributed by atoms with Crippen molar-refractivity contribution < 1.29 is 14.8 Å². The molecule has 0 amide bonds. The molecule has 2 rings (SSSR count). The number of aldehydes is 1. The van der Waals surface area contributed by atoms with Crippen molar-refractivity contribution in [2.45, 2.75) is 30.9 Å². The molecule has 102 valence electrons. The molecule has 1 N–H and O–H groups in total. The van der Waals surface area contributed by atoms with Crippen LogP contribution in [-0.2, 0) is 4.79 Å². The molecule has 0 heterocycles. The minimum Gasteiger partial charge on any atom is -0.386 e. The number of carbonyl (C=O) groups is 1. The zero-order valence-electron chi connectivity index (χ0n) is 10.1. The summed E-state index contributed by atoms with van der Waals surface area (Å²) in [6, 6.07) is 5.98. The number of aliphatic hydroxyl groups is 1. The van der Waals surface area contributed by atoms with Crippen molar-refractivity contribution in [3.05, 3.63) is 44.4 Å². The minimum atomic E-state index is -1.12. The molecular formula is C13H14BrNO4. The summed E-state index contributed by atoms with van der Waals surface area (Å²) >= 11 is 3.30. The summed E-state index contributed by atoms with van der Waals surface area (Å²) < 4.78 is 0.868. The van der Waals surface area contributed by atoms with Gasteiger partial charge in [0.15, 0.2) is 0 Å². The lowest BCUT2D eigenvalue weighted by Crippen LogP contribution is -2.46. The largest absolute Gasteiger partial charge is 0.386 e. The fourth-order valence-corrected chi connectivity index (χ4v) is 3.02. The van der Waals surface area contributed by atoms with Gasteiger partial charge in [0.05, 0.1) is 5.92 Å². The molecule has 0 radical (unpaired) electrons. The molecule has 1 aliphatic carbocycles. The molecule has 0 aliphatic heterocycles. The Balaban J connectivity index is 2.41. The highest BCUT2D eigenvalue weighted by atomic mass is 79.9. The standard InChI is InChI=1S/C13H14BrNO4/c14-10-4-1-8(2-5-10)12-9(7-16)3-6-11(17)13(12)15(18)19/h1-2,4-5,7,9,11-13,17H,3,6H2/t9-,11-,12-,13-/m1/s1. The number of carbonyl (C=O) groups excluding carboxylic acids is 1. The lowest BCUT2D eigenvalue weighted by atomic mass is 9.72. The SMILES string of the molecule is O=C[C@H]1CC[C@@H](O)[C@@H]([N+](=O)[O-])[C@@H]1c1ccc(Br)cc1. The number of rotatable bonds is 3. The molecule has 1 fully saturated rings. The summed E-state index contributed by atoms with van der Waals surface area (Å²) in [4.78, 5) is 21.9. The van der Waals surface area contributed by atoms with Gasteiger partial charge in [-0.15, -0.1) is 0 Å². The van der Waals surface area contributed by atoms with Crippen LogP contribution in [0.25, 0.3) is 0 Å². The van der Waals surface area contributed by atoms with E-state index in [9.17, 15) is 20.0 Å². The quantitative estimate of drug-likeness (QED) is 0.524. The van der Waals surface area contributed by atoms with Gasteiger partial charge in [-0.25, -0.2) is 0 Å². The molecule has 1 saturated carbocycles. The maximum Gasteiger partial charge on any atom is 0.245 e. The highest BCUT2D eigenvalue weighted by molar-refractivity contribution is 9.10. The number of halogens is 1. The summed E-state index contributed by atoms with van der Waals surface area (Å²) in [6.07, 6.45) is 0.548. The summed E-state index contributed by atoms with van der Waals surface area (Å²) in [6.45, 7) is 0. The second-order valence-corrected chi connectivity index (χ2v) is 5.71. The first-order valence-electron chi connectivity index (χ1n) is 6.07. The molecule has 1 aliphatic rings. The molecule has 1 aromatic carbocycles. The van der Waals surface area contributed by atoms with Gasteiger partial charge in [0, 0.05) is 15.3 Å². The fourth-order valence-electron chi connectivity index (χ4n) is 2.76. The average molecular weight is 328 g/mol. The van der Waals surface area contributed by atoms with Crippen molar-refractivity contribution in [3.63, 3.8) is 0 Å². The van der Waals surface area contributed by atoms with Crippen molar-refractivity contribution >= 4 is 22.2 Å². The van der Waals surface area contributed by atoms with Crippen LogP contribution in [0, 0.1) is 16.0 Å². The van der Waals surface area contributed by atoms with Crippen molar-refractivity contribution in [2.75, 3.05) is 0 Å². The fraction of sp³-hybridized carbons (Fsp3) is 0.462. The van der Waals surface area contributed by atoms with Crippen LogP contribution < -0.4 is 0 Å². The first-order valence-corrected chi connectivity index (χ1v) is 6.86. The van der Waals surface area contributed by atoms with E-state index in [1.807, 2.05) is 0 Å². The van der Waals surface area contributed by atoms with Crippen molar-refractivity contribution in [2.24, 2.45) is 5.92 Å². The van der Waals surface area contributed by atoms with Crippen LogP contribution in [0.1, 0.15) is 24.3 Å². The second kappa shape index (κ2) is 5.79. The maximum atomic E-state index is 11.2. The molecule has 19 heavy (non-hydrogen) atoms. The van der Waals surface area contributed by atoms with Crippen LogP contribution in [-0.4, -0.2) is 28.5 Å². The minimum absolute atomic E-state index is 0.294. The van der Waals surface area contributed by atoms with E-state index < -0.39 is 28.9 Å². The molecular weight excluding hydrogens is 314 g/mol. The van der Waals surface area contributed by atoms with E-state index in [2.05, 4.69) is 15.9 Å². The van der Waals surface area contributed by atoms with E-state index in [-0.39, 0.29) is 0 Å². The monoisotopic (exact) mass is 327 g/mol. The summed E-state index contributed by atoms with van der Waals surface area (Å²) in [5.74, 6) is -0.982. The van der Waals surface area contributed by atoms with Gasteiger partial charge in [-0.3, -0.25) is 10.1 Å². The lowest BCUT2D eigenvalue weighted by Gasteiger charge is -2.33. The third kappa shape index (κ3) is 2.84. The van der Waals surface area contributed by atoms with Crippen molar-refractivity contribution in [3.8, 4) is 0 Å². The van der Waals surface area contributed by atoms with Gasteiger partial charge in [-0.05, 0) is 30.5 Å². The smallest absolute Gasteiger partial charge is 0.245 e. The van der Waals surface area contributed by atoms with E-state index in [0.717, 1.165) is 16.3 Å². The van der Waals surface area contributed by atoms with Crippen LogP contribution in [0.3, 0.4) is 0 Å². The number of nitrogens with zero attached hydrogens (tertiary/aromatic N) is 1. The molecule has 0 unspecified atom stereocenters. The van der Waals surface area contributed by atoms with Gasteiger partial charge in [-0.1, -0.05) is 28.1 Å². The first-order chi connectivity index (χ1) is 9.04. The average Bonchev–Trinajstić information content (AvgIpc) is 2.39. The zero-order valence-corrected chi connectivity index (χ0v) is 11.7. The van der Waals surface area contributed by atoms with Crippen LogP contribution in [0.15, 0.2) is 28.7 Å². The normalized spacial score (nSPS) is 30.8. The predicted octanol–water partition coefficient (Wildman–Crippen LogP) is 2.15. The molecule has 0 spiro atoms. The molecule has 5 nitrogen and oxygen atoms in total. The van der Waals surface area contributed by atoms with Crippen LogP contribution in [0.4, 0.5) is 0 Å². The predicted molar refractivity (Wildman–Crippen MR) is 72.5 cm³/mol. The molecule has 0 aromatic heterocycles. The van der Waals surface area contributed by atoms with E-state index in [4.69, 9.17) is 0 Å². The van der Waals surface area contributed by atoms with Crippen molar-refractivity contribution in [1.29, 1.82) is 0 Å². The Morgan fingerprint density at radius 3 is 2.47 bits per heavy atom. The Hall–Kier alpha value is -1.27. The van der Waals surface area contributed by atoms with E-state index in [1.165, 1.54) is 0 Å². The third-order valence-electron chi connectivity index (χ3n) is 3.69. The number of benzene rings is 1. The molecule has 4 atom stereocenters. The van der Waals surface area contributed by atoms with Gasteiger partial charge in [0.1, 0.15) is 12.4 Å². The van der Waals surface area contributed by atoms with Crippen molar-refractivity contribution in [1.82, 2.24) is 0 Å². The number of aliphatic hydroxyl groups excluding tert-OH is 1. The Morgan fingerprint density at radius 1 is 1.32 bits per heavy atom. The summed E-state index contributed by atoms with van der Waals surface area (Å²) in [7, 11) is 0. The number of hydrogen-bond donors (Lipinski definition) is 1. The molecule has 1 aromatic rings. The maximum absolute atomic E-state index is 11.2. The van der Waals surface area contributed by atoms with Gasteiger partial charge in [-0.2, -0.15) is 0 Å². The Labute approximate surface area is 118 Å². The van der Waals surface area contributed by atoms with E-state index in [1.54, 1.807) is 24.3 Å². The number of hydrogen-bond acceptors (Lipinski definition) is 4. The Kier molecular flexibility index (Phi) is 4.31. The second-order valence-electron chi connectivity index (χ2n) is 4.80. The number of nitro groups is 1.